The number of hydrogen-bond donors (Lipinski definition) is 1. The number of aliphatic hydroxyl groups excluding tert-OH is 1. The van der Waals surface area contributed by atoms with Crippen LogP contribution in [-0.2, 0) is 42.9 Å². The lowest BCUT2D eigenvalue weighted by atomic mass is 9.47. The molecule has 0 amide bonds. The third-order valence-electron chi connectivity index (χ3n) is 8.08. The maximum Gasteiger partial charge on any atom is 0.306 e. The summed E-state index contributed by atoms with van der Waals surface area (Å²) >= 11 is 0. The van der Waals surface area contributed by atoms with Crippen molar-refractivity contribution in [3.05, 3.63) is 36.0 Å². The van der Waals surface area contributed by atoms with E-state index in [2.05, 4.69) is 6.58 Å². The standard InChI is InChI=1S/C30H42O10/c1-9-17(4)10-11-29(8)15-23(36-18(5)31)26(35)30-22(27(37-19(6)32)40-28(30)38-20(7)33)13-21(14-24(29)30)39-25(34)12-16(2)3/h9-10,13,16,21,23-24,26-28,35H,1,11-12,14-15H2,2-8H3/b17-10-/t21-,23+,24-,26-,27-,28?,29+,30+/m0/s1. The number of esters is 4. The monoisotopic (exact) mass is 562 g/mol. The van der Waals surface area contributed by atoms with Crippen LogP contribution in [0.2, 0.25) is 0 Å². The number of hydrogen-bond acceptors (Lipinski definition) is 10. The minimum absolute atomic E-state index is 0.0815. The first-order chi connectivity index (χ1) is 18.6. The smallest absolute Gasteiger partial charge is 0.306 e. The van der Waals surface area contributed by atoms with Crippen LogP contribution in [0.1, 0.15) is 74.1 Å². The minimum Gasteiger partial charge on any atom is -0.460 e. The van der Waals surface area contributed by atoms with Crippen molar-refractivity contribution in [3.63, 3.8) is 0 Å². The SMILES string of the molecule is C=C/C(C)=C\C[C@]1(C)C[C@@H](OC(C)=O)[C@H](O)[C@@]23C(=C[C@H](OC(=O)CC(C)C)C[C@@H]12)[C@@H](OC(C)=O)OC3OC(C)=O. The Hall–Kier alpha value is -2.98. The van der Waals surface area contributed by atoms with E-state index in [0.29, 0.717) is 12.0 Å². The lowest BCUT2D eigenvalue weighted by Gasteiger charge is -2.59. The molecule has 2 aliphatic carbocycles. The molecule has 0 aromatic rings. The first-order valence-electron chi connectivity index (χ1n) is 13.7. The van der Waals surface area contributed by atoms with Crippen molar-refractivity contribution < 1.29 is 48.0 Å². The molecule has 3 rings (SSSR count). The first-order valence-corrected chi connectivity index (χ1v) is 13.7. The average Bonchev–Trinajstić information content (AvgIpc) is 3.11. The van der Waals surface area contributed by atoms with Gasteiger partial charge in [-0.15, -0.1) is 0 Å². The second-order valence-electron chi connectivity index (χ2n) is 11.8. The van der Waals surface area contributed by atoms with E-state index in [1.54, 1.807) is 12.2 Å². The molecule has 0 aromatic carbocycles. The van der Waals surface area contributed by atoms with Gasteiger partial charge in [-0.2, -0.15) is 0 Å². The van der Waals surface area contributed by atoms with Gasteiger partial charge in [0.25, 0.3) is 0 Å². The van der Waals surface area contributed by atoms with Crippen LogP contribution in [0.3, 0.4) is 0 Å². The predicted molar refractivity (Wildman–Crippen MR) is 143 cm³/mol. The molecule has 10 heteroatoms. The zero-order valence-corrected chi connectivity index (χ0v) is 24.4. The van der Waals surface area contributed by atoms with Crippen molar-refractivity contribution >= 4 is 23.9 Å². The Morgan fingerprint density at radius 2 is 1.70 bits per heavy atom. The number of carbonyl (C=O) groups is 4. The Balaban J connectivity index is 2.26. The molecule has 3 aliphatic rings. The van der Waals surface area contributed by atoms with Crippen LogP contribution >= 0.6 is 0 Å². The molecule has 1 saturated heterocycles. The summed E-state index contributed by atoms with van der Waals surface area (Å²) in [5.74, 6) is -2.73. The molecule has 1 heterocycles. The molecular formula is C30H42O10. The largest absolute Gasteiger partial charge is 0.460 e. The Labute approximate surface area is 235 Å². The van der Waals surface area contributed by atoms with E-state index in [0.717, 1.165) is 5.57 Å². The molecule has 222 valence electrons. The normalized spacial score (nSPS) is 35.1. The van der Waals surface area contributed by atoms with E-state index < -0.39 is 65.5 Å². The number of rotatable bonds is 9. The molecule has 8 atom stereocenters. The van der Waals surface area contributed by atoms with Gasteiger partial charge in [0, 0.05) is 32.8 Å². The highest BCUT2D eigenvalue weighted by molar-refractivity contribution is 5.70. The number of ether oxygens (including phenoxy) is 5. The molecular weight excluding hydrogens is 520 g/mol. The summed E-state index contributed by atoms with van der Waals surface area (Å²) in [6.45, 7) is 15.2. The first kappa shape index (κ1) is 31.5. The van der Waals surface area contributed by atoms with Crippen LogP contribution < -0.4 is 0 Å². The van der Waals surface area contributed by atoms with Gasteiger partial charge in [0.15, 0.2) is 0 Å². The molecule has 0 aromatic heterocycles. The highest BCUT2D eigenvalue weighted by atomic mass is 16.8. The van der Waals surface area contributed by atoms with Gasteiger partial charge in [-0.25, -0.2) is 0 Å². The fourth-order valence-corrected chi connectivity index (χ4v) is 6.49. The fourth-order valence-electron chi connectivity index (χ4n) is 6.49. The third kappa shape index (κ3) is 6.33. The van der Waals surface area contributed by atoms with Gasteiger partial charge in [-0.05, 0) is 49.5 Å². The summed E-state index contributed by atoms with van der Waals surface area (Å²) in [5, 5.41) is 12.0. The predicted octanol–water partition coefficient (Wildman–Crippen LogP) is 3.91. The molecule has 2 fully saturated rings. The number of aliphatic hydroxyl groups is 1. The maximum atomic E-state index is 12.7. The zero-order chi connectivity index (χ0) is 30.0. The van der Waals surface area contributed by atoms with Crippen molar-refractivity contribution in [2.75, 3.05) is 0 Å². The van der Waals surface area contributed by atoms with Gasteiger partial charge in [-0.3, -0.25) is 23.9 Å². The quantitative estimate of drug-likeness (QED) is 0.191. The molecule has 40 heavy (non-hydrogen) atoms. The maximum absolute atomic E-state index is 12.7. The van der Waals surface area contributed by atoms with Crippen molar-refractivity contribution in [1.82, 2.24) is 0 Å². The second-order valence-corrected chi connectivity index (χ2v) is 11.8. The molecule has 1 N–H and O–H groups in total. The van der Waals surface area contributed by atoms with E-state index in [-0.39, 0.29) is 31.1 Å². The molecule has 1 saturated carbocycles. The molecule has 1 aliphatic heterocycles. The van der Waals surface area contributed by atoms with Crippen molar-refractivity contribution in [2.45, 2.75) is 105 Å². The summed E-state index contributed by atoms with van der Waals surface area (Å²) in [5.41, 5.74) is -0.907. The van der Waals surface area contributed by atoms with Crippen molar-refractivity contribution in [2.24, 2.45) is 22.7 Å². The fraction of sp³-hybridized carbons (Fsp3) is 0.667. The van der Waals surface area contributed by atoms with Crippen molar-refractivity contribution in [3.8, 4) is 0 Å². The van der Waals surface area contributed by atoms with Crippen LogP contribution in [-0.4, -0.2) is 59.9 Å². The lowest BCUT2D eigenvalue weighted by molar-refractivity contribution is -0.264. The lowest BCUT2D eigenvalue weighted by Crippen LogP contribution is -2.65. The van der Waals surface area contributed by atoms with E-state index >= 15 is 0 Å². The second kappa shape index (κ2) is 12.3. The number of carbonyl (C=O) groups excluding carboxylic acids is 4. The Bertz CT molecular complexity index is 1090. The van der Waals surface area contributed by atoms with Gasteiger partial charge in [-0.1, -0.05) is 45.1 Å². The highest BCUT2D eigenvalue weighted by Gasteiger charge is 2.72. The van der Waals surface area contributed by atoms with Gasteiger partial charge < -0.3 is 24.1 Å². The molecule has 0 bridgehead atoms. The topological polar surface area (TPSA) is 135 Å². The van der Waals surface area contributed by atoms with Crippen LogP contribution in [0.4, 0.5) is 0 Å². The van der Waals surface area contributed by atoms with Crippen LogP contribution in [0.5, 0.6) is 0 Å². The van der Waals surface area contributed by atoms with Crippen LogP contribution in [0, 0.1) is 22.7 Å². The molecule has 1 unspecified atom stereocenters. The zero-order valence-electron chi connectivity index (χ0n) is 24.4. The molecule has 10 nitrogen and oxygen atoms in total. The summed E-state index contributed by atoms with van der Waals surface area (Å²) in [6, 6.07) is 0. The van der Waals surface area contributed by atoms with Crippen LogP contribution in [0.15, 0.2) is 36.0 Å². The van der Waals surface area contributed by atoms with Gasteiger partial charge in [0.05, 0.1) is 5.41 Å². The molecule has 0 radical (unpaired) electrons. The third-order valence-corrected chi connectivity index (χ3v) is 8.08. The number of allylic oxidation sites excluding steroid dienone is 3. The van der Waals surface area contributed by atoms with E-state index in [1.165, 1.54) is 20.8 Å². The van der Waals surface area contributed by atoms with E-state index in [1.807, 2.05) is 33.8 Å². The van der Waals surface area contributed by atoms with Crippen molar-refractivity contribution in [1.29, 1.82) is 0 Å². The minimum atomic E-state index is -1.46. The van der Waals surface area contributed by atoms with Gasteiger partial charge >= 0.3 is 23.9 Å². The Kier molecular flexibility index (Phi) is 9.67. The Morgan fingerprint density at radius 3 is 2.25 bits per heavy atom. The summed E-state index contributed by atoms with van der Waals surface area (Å²) in [6.07, 6.45) is 0.786. The van der Waals surface area contributed by atoms with Gasteiger partial charge in [0.2, 0.25) is 12.6 Å². The summed E-state index contributed by atoms with van der Waals surface area (Å²) in [7, 11) is 0. The van der Waals surface area contributed by atoms with Crippen LogP contribution in [0.25, 0.3) is 0 Å². The summed E-state index contributed by atoms with van der Waals surface area (Å²) < 4.78 is 28.7. The summed E-state index contributed by atoms with van der Waals surface area (Å²) in [4.78, 5) is 49.3. The van der Waals surface area contributed by atoms with E-state index in [4.69, 9.17) is 23.7 Å². The Morgan fingerprint density at radius 1 is 1.07 bits per heavy atom. The van der Waals surface area contributed by atoms with Gasteiger partial charge in [0.1, 0.15) is 18.3 Å². The molecule has 1 spiro atoms. The van der Waals surface area contributed by atoms with E-state index in [9.17, 15) is 24.3 Å². The highest BCUT2D eigenvalue weighted by Crippen LogP contribution is 2.66. The average molecular weight is 563 g/mol.